The predicted molar refractivity (Wildman–Crippen MR) is 50.6 cm³/mol. The van der Waals surface area contributed by atoms with Gasteiger partial charge >= 0.3 is 0 Å². The molecule has 1 unspecified atom stereocenters. The highest BCUT2D eigenvalue weighted by Crippen LogP contribution is 2.39. The van der Waals surface area contributed by atoms with Crippen LogP contribution in [0.5, 0.6) is 0 Å². The van der Waals surface area contributed by atoms with Crippen LogP contribution in [0.2, 0.25) is 0 Å². The van der Waals surface area contributed by atoms with E-state index in [2.05, 4.69) is 19.8 Å². The average Bonchev–Trinajstić information content (AvgIpc) is 2.66. The Labute approximate surface area is 82.2 Å². The van der Waals surface area contributed by atoms with Gasteiger partial charge in [0.25, 0.3) is 0 Å². The molecule has 14 heavy (non-hydrogen) atoms. The molecule has 0 spiro atoms. The summed E-state index contributed by atoms with van der Waals surface area (Å²) in [5, 5.41) is 7.57. The van der Waals surface area contributed by atoms with Gasteiger partial charge in [-0.05, 0) is 37.0 Å². The molecule has 1 atom stereocenters. The number of anilines is 1. The molecule has 2 N–H and O–H groups in total. The summed E-state index contributed by atoms with van der Waals surface area (Å²) in [6, 6.07) is 0. The van der Waals surface area contributed by atoms with E-state index in [0.717, 1.165) is 18.2 Å². The van der Waals surface area contributed by atoms with Gasteiger partial charge < -0.3 is 10.6 Å². The van der Waals surface area contributed by atoms with E-state index in [4.69, 9.17) is 5.73 Å². The molecule has 2 bridgehead atoms. The van der Waals surface area contributed by atoms with E-state index in [1.165, 1.54) is 25.9 Å². The first kappa shape index (κ1) is 8.23. The van der Waals surface area contributed by atoms with Gasteiger partial charge in [-0.2, -0.15) is 0 Å². The second-order valence-electron chi connectivity index (χ2n) is 4.28. The molecule has 0 amide bonds. The van der Waals surface area contributed by atoms with E-state index >= 15 is 0 Å². The number of nitrogens with zero attached hydrogens (tertiary/aromatic N) is 3. The maximum atomic E-state index is 5.72. The summed E-state index contributed by atoms with van der Waals surface area (Å²) in [5.74, 6) is 1.65. The van der Waals surface area contributed by atoms with Gasteiger partial charge in [-0.15, -0.1) is 0 Å². The minimum atomic E-state index is 0.448. The number of piperidine rings is 3. The largest absolute Gasteiger partial charge is 0.379 e. The van der Waals surface area contributed by atoms with Gasteiger partial charge in [-0.1, -0.05) is 5.16 Å². The molecule has 76 valence electrons. The van der Waals surface area contributed by atoms with Crippen molar-refractivity contribution < 1.29 is 4.63 Å². The fourth-order valence-electron chi connectivity index (χ4n) is 2.73. The lowest BCUT2D eigenvalue weighted by Crippen LogP contribution is -2.46. The third-order valence-corrected chi connectivity index (χ3v) is 3.55. The van der Waals surface area contributed by atoms with Crippen molar-refractivity contribution in [2.24, 2.45) is 5.92 Å². The van der Waals surface area contributed by atoms with Crippen molar-refractivity contribution in [3.8, 4) is 0 Å². The Kier molecular flexibility index (Phi) is 1.73. The van der Waals surface area contributed by atoms with Gasteiger partial charge in [0.05, 0.1) is 0 Å². The third-order valence-electron chi connectivity index (χ3n) is 3.55. The number of hydrogen-bond donors (Lipinski definition) is 1. The highest BCUT2D eigenvalue weighted by Gasteiger charge is 2.37. The number of fused-ring (bicyclic) bond motifs is 3. The van der Waals surface area contributed by atoms with Crippen LogP contribution in [-0.2, 0) is 0 Å². The minimum absolute atomic E-state index is 0.448. The van der Waals surface area contributed by atoms with E-state index in [9.17, 15) is 0 Å². The lowest BCUT2D eigenvalue weighted by molar-refractivity contribution is 0.0839. The normalized spacial score (nSPS) is 36.1. The smallest absolute Gasteiger partial charge is 0.191 e. The molecule has 3 fully saturated rings. The predicted octanol–water partition coefficient (Wildman–Crippen LogP) is 0.461. The highest BCUT2D eigenvalue weighted by atomic mass is 16.6. The second-order valence-corrected chi connectivity index (χ2v) is 4.28. The number of rotatable bonds is 1. The van der Waals surface area contributed by atoms with E-state index < -0.39 is 0 Å². The summed E-state index contributed by atoms with van der Waals surface area (Å²) < 4.78 is 4.66. The first-order valence-electron chi connectivity index (χ1n) is 5.15. The van der Waals surface area contributed by atoms with Crippen molar-refractivity contribution in [2.45, 2.75) is 18.8 Å². The molecule has 3 aliphatic rings. The molecule has 0 radical (unpaired) electrons. The van der Waals surface area contributed by atoms with Crippen LogP contribution in [0.4, 0.5) is 5.82 Å². The Morgan fingerprint density at radius 1 is 1.29 bits per heavy atom. The number of nitrogens with two attached hydrogens (primary N) is 1. The van der Waals surface area contributed by atoms with E-state index in [-0.39, 0.29) is 0 Å². The number of hydrogen-bond acceptors (Lipinski definition) is 5. The molecular formula is C9H14N4O. The molecule has 0 aromatic carbocycles. The molecule has 4 heterocycles. The summed E-state index contributed by atoms with van der Waals surface area (Å²) in [4.78, 5) is 2.47. The van der Waals surface area contributed by atoms with Crippen LogP contribution in [-0.4, -0.2) is 34.8 Å². The minimum Gasteiger partial charge on any atom is -0.379 e. The summed E-state index contributed by atoms with van der Waals surface area (Å²) >= 11 is 0. The topological polar surface area (TPSA) is 68.2 Å². The Balaban J connectivity index is 1.89. The van der Waals surface area contributed by atoms with Crippen LogP contribution in [0, 0.1) is 5.92 Å². The van der Waals surface area contributed by atoms with Crippen LogP contribution in [0.25, 0.3) is 0 Å². The molecule has 1 aromatic heterocycles. The highest BCUT2D eigenvalue weighted by molar-refractivity contribution is 5.35. The van der Waals surface area contributed by atoms with Gasteiger partial charge in [0.1, 0.15) is 5.69 Å². The maximum absolute atomic E-state index is 5.72. The van der Waals surface area contributed by atoms with Crippen LogP contribution >= 0.6 is 0 Å². The first-order chi connectivity index (χ1) is 6.84. The quantitative estimate of drug-likeness (QED) is 0.703. The van der Waals surface area contributed by atoms with E-state index in [0.29, 0.717) is 11.7 Å². The molecule has 4 rings (SSSR count). The second kappa shape index (κ2) is 2.95. The summed E-state index contributed by atoms with van der Waals surface area (Å²) in [6.45, 7) is 3.53. The fourth-order valence-corrected chi connectivity index (χ4v) is 2.73. The molecule has 5 heteroatoms. The number of aromatic nitrogens is 2. The first-order valence-corrected chi connectivity index (χ1v) is 5.15. The van der Waals surface area contributed by atoms with Gasteiger partial charge in [-0.25, -0.2) is 4.63 Å². The molecule has 0 aliphatic carbocycles. The summed E-state index contributed by atoms with van der Waals surface area (Å²) in [5.41, 5.74) is 6.59. The Morgan fingerprint density at radius 2 is 2.07 bits per heavy atom. The lowest BCUT2D eigenvalue weighted by Gasteiger charge is -2.43. The average molecular weight is 194 g/mol. The summed E-state index contributed by atoms with van der Waals surface area (Å²) in [7, 11) is 0. The van der Waals surface area contributed by atoms with Gasteiger partial charge in [0, 0.05) is 12.5 Å². The van der Waals surface area contributed by atoms with Gasteiger partial charge in [0.2, 0.25) is 0 Å². The van der Waals surface area contributed by atoms with Crippen LogP contribution in [0.3, 0.4) is 0 Å². The summed E-state index contributed by atoms with van der Waals surface area (Å²) in [6.07, 6.45) is 2.52. The zero-order chi connectivity index (χ0) is 9.54. The maximum Gasteiger partial charge on any atom is 0.191 e. The fraction of sp³-hybridized carbons (Fsp3) is 0.778. The van der Waals surface area contributed by atoms with Crippen molar-refractivity contribution >= 4 is 5.82 Å². The Hall–Kier alpha value is -1.10. The molecule has 5 nitrogen and oxygen atoms in total. The van der Waals surface area contributed by atoms with Crippen LogP contribution in [0.15, 0.2) is 4.63 Å². The molecule has 1 aromatic rings. The zero-order valence-corrected chi connectivity index (χ0v) is 8.02. The van der Waals surface area contributed by atoms with Crippen LogP contribution < -0.4 is 5.73 Å². The number of nitrogen functional groups attached to an aromatic ring is 1. The van der Waals surface area contributed by atoms with E-state index in [1.54, 1.807) is 0 Å². The van der Waals surface area contributed by atoms with Crippen molar-refractivity contribution in [1.82, 2.24) is 15.2 Å². The van der Waals surface area contributed by atoms with Crippen molar-refractivity contribution in [3.63, 3.8) is 0 Å². The van der Waals surface area contributed by atoms with Crippen molar-refractivity contribution in [1.29, 1.82) is 0 Å². The lowest BCUT2D eigenvalue weighted by atomic mass is 9.77. The van der Waals surface area contributed by atoms with Crippen LogP contribution in [0.1, 0.15) is 24.5 Å². The molecule has 3 saturated heterocycles. The van der Waals surface area contributed by atoms with Gasteiger partial charge in [0.15, 0.2) is 5.82 Å². The molecule has 0 saturated carbocycles. The SMILES string of the molecule is Nc1nonc1C1CN2CCC1CC2. The zero-order valence-electron chi connectivity index (χ0n) is 8.02. The van der Waals surface area contributed by atoms with Crippen molar-refractivity contribution in [2.75, 3.05) is 25.4 Å². The van der Waals surface area contributed by atoms with Crippen molar-refractivity contribution in [3.05, 3.63) is 5.69 Å². The third kappa shape index (κ3) is 1.12. The molecule has 3 aliphatic heterocycles. The van der Waals surface area contributed by atoms with E-state index in [1.807, 2.05) is 0 Å². The monoisotopic (exact) mass is 194 g/mol. The standard InChI is InChI=1S/C9H14N4O/c10-9-8(11-14-12-9)7-5-13-3-1-6(7)2-4-13/h6-7H,1-5H2,(H2,10,12). The molecular weight excluding hydrogens is 180 g/mol. The Bertz CT molecular complexity index is 329. The van der Waals surface area contributed by atoms with Gasteiger partial charge in [-0.3, -0.25) is 0 Å². The Morgan fingerprint density at radius 3 is 2.57 bits per heavy atom.